The topological polar surface area (TPSA) is 79.5 Å². The molecule has 2 rings (SSSR count). The number of benzene rings is 2. The van der Waals surface area contributed by atoms with Crippen molar-refractivity contribution in [3.63, 3.8) is 0 Å². The zero-order chi connectivity index (χ0) is 18.9. The van der Waals surface area contributed by atoms with E-state index in [-0.39, 0.29) is 0 Å². The fraction of sp³-hybridized carbons (Fsp3) is 0.333. The summed E-state index contributed by atoms with van der Waals surface area (Å²) in [5.41, 5.74) is 9.37. The zero-order valence-corrected chi connectivity index (χ0v) is 15.8. The number of aryl methyl sites for hydroxylation is 1. The Morgan fingerprint density at radius 1 is 1.08 bits per heavy atom. The molecule has 2 aromatic rings. The van der Waals surface area contributed by atoms with Crippen molar-refractivity contribution in [2.24, 2.45) is 10.7 Å². The maximum absolute atomic E-state index is 11.1. The highest BCUT2D eigenvalue weighted by molar-refractivity contribution is 5.92. The predicted octanol–water partition coefficient (Wildman–Crippen LogP) is 2.95. The molecule has 26 heavy (non-hydrogen) atoms. The average molecular weight is 352 g/mol. The quantitative estimate of drug-likeness (QED) is 0.529. The average Bonchev–Trinajstić information content (AvgIpc) is 2.64. The molecular weight excluding hydrogens is 324 g/mol. The van der Waals surface area contributed by atoms with Gasteiger partial charge < -0.3 is 16.4 Å². The number of hydrogen-bond donors (Lipinski definition) is 3. The van der Waals surface area contributed by atoms with E-state index in [1.165, 1.54) is 11.1 Å². The van der Waals surface area contributed by atoms with Crippen LogP contribution >= 0.6 is 0 Å². The molecule has 0 aliphatic carbocycles. The summed E-state index contributed by atoms with van der Waals surface area (Å²) < 4.78 is 0. The lowest BCUT2D eigenvalue weighted by Crippen LogP contribution is -2.39. The lowest BCUT2D eigenvalue weighted by Gasteiger charge is -2.16. The van der Waals surface area contributed by atoms with Crippen LogP contribution in [0.5, 0.6) is 0 Å². The van der Waals surface area contributed by atoms with Gasteiger partial charge in [-0.3, -0.25) is 4.79 Å². The van der Waals surface area contributed by atoms with Gasteiger partial charge in [-0.2, -0.15) is 0 Å². The molecule has 0 heterocycles. The first kappa shape index (κ1) is 19.5. The first-order valence-electron chi connectivity index (χ1n) is 8.97. The van der Waals surface area contributed by atoms with Gasteiger partial charge in [0.15, 0.2) is 5.96 Å². The minimum atomic E-state index is -0.417. The van der Waals surface area contributed by atoms with Crippen LogP contribution < -0.4 is 16.4 Å². The molecule has 5 nitrogen and oxygen atoms in total. The summed E-state index contributed by atoms with van der Waals surface area (Å²) in [5, 5.41) is 6.66. The third kappa shape index (κ3) is 5.92. The fourth-order valence-corrected chi connectivity index (χ4v) is 2.55. The number of carbonyl (C=O) groups is 1. The van der Waals surface area contributed by atoms with E-state index in [9.17, 15) is 4.79 Å². The summed E-state index contributed by atoms with van der Waals surface area (Å²) in [6.45, 7) is 8.47. The van der Waals surface area contributed by atoms with Gasteiger partial charge in [-0.05, 0) is 43.0 Å². The number of aliphatic imine (C=N–C) groups is 1. The monoisotopic (exact) mass is 352 g/mol. The molecule has 0 fully saturated rings. The van der Waals surface area contributed by atoms with Gasteiger partial charge in [0, 0.05) is 18.7 Å². The van der Waals surface area contributed by atoms with E-state index in [0.29, 0.717) is 18.0 Å². The van der Waals surface area contributed by atoms with E-state index in [2.05, 4.69) is 53.7 Å². The number of nitrogens with one attached hydrogen (secondary N) is 2. The molecule has 0 saturated carbocycles. The van der Waals surface area contributed by atoms with Crippen molar-refractivity contribution in [1.82, 2.24) is 10.6 Å². The van der Waals surface area contributed by atoms with Crippen molar-refractivity contribution in [2.45, 2.75) is 33.2 Å². The van der Waals surface area contributed by atoms with Crippen molar-refractivity contribution in [2.75, 3.05) is 13.1 Å². The van der Waals surface area contributed by atoms with E-state index < -0.39 is 5.91 Å². The Bertz CT molecular complexity index is 736. The van der Waals surface area contributed by atoms with Gasteiger partial charge in [0.25, 0.3) is 0 Å². The van der Waals surface area contributed by atoms with Crippen LogP contribution in [0.3, 0.4) is 0 Å². The van der Waals surface area contributed by atoms with Gasteiger partial charge in [-0.25, -0.2) is 4.99 Å². The van der Waals surface area contributed by atoms with E-state index in [4.69, 9.17) is 5.73 Å². The summed E-state index contributed by atoms with van der Waals surface area (Å²) in [6, 6.07) is 15.8. The molecule has 1 amide bonds. The molecule has 138 valence electrons. The number of primary amides is 1. The van der Waals surface area contributed by atoms with Gasteiger partial charge in [0.2, 0.25) is 5.91 Å². The number of rotatable bonds is 7. The van der Waals surface area contributed by atoms with Crippen LogP contribution in [0.2, 0.25) is 0 Å². The van der Waals surface area contributed by atoms with Crippen molar-refractivity contribution in [3.05, 3.63) is 70.8 Å². The molecule has 2 aromatic carbocycles. The highest BCUT2D eigenvalue weighted by Crippen LogP contribution is 2.14. The number of nitrogens with zero attached hydrogens (tertiary/aromatic N) is 1. The zero-order valence-electron chi connectivity index (χ0n) is 15.8. The lowest BCUT2D eigenvalue weighted by molar-refractivity contribution is 0.100. The molecule has 0 radical (unpaired) electrons. The maximum Gasteiger partial charge on any atom is 0.248 e. The molecule has 1 unspecified atom stereocenters. The van der Waals surface area contributed by atoms with Crippen LogP contribution in [0.15, 0.2) is 53.5 Å². The van der Waals surface area contributed by atoms with E-state index in [1.807, 2.05) is 19.1 Å². The van der Waals surface area contributed by atoms with E-state index in [1.54, 1.807) is 12.1 Å². The van der Waals surface area contributed by atoms with Gasteiger partial charge in [-0.15, -0.1) is 0 Å². The largest absolute Gasteiger partial charge is 0.366 e. The molecule has 4 N–H and O–H groups in total. The smallest absolute Gasteiger partial charge is 0.248 e. The number of guanidine groups is 1. The van der Waals surface area contributed by atoms with Gasteiger partial charge >= 0.3 is 0 Å². The van der Waals surface area contributed by atoms with Crippen LogP contribution in [0.4, 0.5) is 0 Å². The molecule has 5 heteroatoms. The Morgan fingerprint density at radius 2 is 1.73 bits per heavy atom. The number of hydrogen-bond acceptors (Lipinski definition) is 2. The summed E-state index contributed by atoms with van der Waals surface area (Å²) in [5.74, 6) is 0.750. The minimum Gasteiger partial charge on any atom is -0.366 e. The summed E-state index contributed by atoms with van der Waals surface area (Å²) in [7, 11) is 0. The van der Waals surface area contributed by atoms with Crippen LogP contribution in [0, 0.1) is 6.92 Å². The third-order valence-electron chi connectivity index (χ3n) is 4.22. The highest BCUT2D eigenvalue weighted by Gasteiger charge is 2.07. The van der Waals surface area contributed by atoms with E-state index in [0.717, 1.165) is 24.6 Å². The van der Waals surface area contributed by atoms with Crippen molar-refractivity contribution < 1.29 is 4.79 Å². The van der Waals surface area contributed by atoms with Crippen LogP contribution in [-0.4, -0.2) is 25.0 Å². The Hall–Kier alpha value is -2.82. The fourth-order valence-electron chi connectivity index (χ4n) is 2.55. The summed E-state index contributed by atoms with van der Waals surface area (Å²) in [6.07, 6.45) is 0. The summed E-state index contributed by atoms with van der Waals surface area (Å²) in [4.78, 5) is 15.7. The minimum absolute atomic E-state index is 0.384. The maximum atomic E-state index is 11.1. The highest BCUT2D eigenvalue weighted by atomic mass is 16.1. The SMILES string of the molecule is CCNC(=NCc1ccc(C(N)=O)cc1)NCC(C)c1ccc(C)cc1. The number of nitrogens with two attached hydrogens (primary N) is 1. The van der Waals surface area contributed by atoms with Crippen LogP contribution in [0.25, 0.3) is 0 Å². The Kier molecular flexibility index (Phi) is 7.21. The first-order valence-corrected chi connectivity index (χ1v) is 8.97. The van der Waals surface area contributed by atoms with Crippen LogP contribution in [-0.2, 0) is 6.54 Å². The third-order valence-corrected chi connectivity index (χ3v) is 4.22. The van der Waals surface area contributed by atoms with Crippen molar-refractivity contribution in [3.8, 4) is 0 Å². The molecule has 0 saturated heterocycles. The van der Waals surface area contributed by atoms with Crippen LogP contribution in [0.1, 0.15) is 46.8 Å². The summed E-state index contributed by atoms with van der Waals surface area (Å²) >= 11 is 0. The number of amides is 1. The molecule has 0 spiro atoms. The molecule has 0 aromatic heterocycles. The van der Waals surface area contributed by atoms with Crippen molar-refractivity contribution >= 4 is 11.9 Å². The molecule has 1 atom stereocenters. The van der Waals surface area contributed by atoms with Crippen molar-refractivity contribution in [1.29, 1.82) is 0 Å². The Morgan fingerprint density at radius 3 is 2.31 bits per heavy atom. The van der Waals surface area contributed by atoms with Gasteiger partial charge in [-0.1, -0.05) is 48.9 Å². The standard InChI is InChI=1S/C21H28N4O/c1-4-23-21(24-13-16(3)18-9-5-15(2)6-10-18)25-14-17-7-11-19(12-8-17)20(22)26/h5-12,16H,4,13-14H2,1-3H3,(H2,22,26)(H2,23,24,25). The molecular formula is C21H28N4O. The molecule has 0 aliphatic rings. The Labute approximate surface area is 155 Å². The second kappa shape index (κ2) is 9.61. The molecule has 0 bridgehead atoms. The second-order valence-corrected chi connectivity index (χ2v) is 6.45. The van der Waals surface area contributed by atoms with Gasteiger partial charge in [0.05, 0.1) is 6.54 Å². The normalized spacial score (nSPS) is 12.5. The van der Waals surface area contributed by atoms with Gasteiger partial charge in [0.1, 0.15) is 0 Å². The Balaban J connectivity index is 1.95. The molecule has 0 aliphatic heterocycles. The second-order valence-electron chi connectivity index (χ2n) is 6.45. The van der Waals surface area contributed by atoms with E-state index >= 15 is 0 Å². The first-order chi connectivity index (χ1) is 12.5. The lowest BCUT2D eigenvalue weighted by atomic mass is 10.0. The number of carbonyl (C=O) groups excluding carboxylic acids is 1. The predicted molar refractivity (Wildman–Crippen MR) is 107 cm³/mol.